The van der Waals surface area contributed by atoms with Gasteiger partial charge in [0.2, 0.25) is 0 Å². The Bertz CT molecular complexity index is 321. The van der Waals surface area contributed by atoms with Crippen molar-refractivity contribution in [3.8, 4) is 5.75 Å². The fourth-order valence-electron chi connectivity index (χ4n) is 1.65. The fraction of sp³-hybridized carbons (Fsp3) is 0.455. The molecule has 1 aliphatic heterocycles. The van der Waals surface area contributed by atoms with Gasteiger partial charge in [-0.25, -0.2) is 0 Å². The van der Waals surface area contributed by atoms with Crippen LogP contribution in [0.25, 0.3) is 0 Å². The van der Waals surface area contributed by atoms with Gasteiger partial charge < -0.3 is 10.1 Å². The molecule has 76 valence electrons. The molecule has 1 heterocycles. The lowest BCUT2D eigenvalue weighted by molar-refractivity contribution is 0.221. The zero-order chi connectivity index (χ0) is 9.97. The highest BCUT2D eigenvalue weighted by atomic mass is 35.5. The van der Waals surface area contributed by atoms with Crippen LogP contribution in [0.1, 0.15) is 12.0 Å². The first-order valence-corrected chi connectivity index (χ1v) is 5.27. The number of halogens is 1. The van der Waals surface area contributed by atoms with E-state index in [0.29, 0.717) is 6.10 Å². The van der Waals surface area contributed by atoms with Gasteiger partial charge in [0.15, 0.2) is 0 Å². The van der Waals surface area contributed by atoms with Gasteiger partial charge in [0.1, 0.15) is 11.9 Å². The molecule has 14 heavy (non-hydrogen) atoms. The summed E-state index contributed by atoms with van der Waals surface area (Å²) in [5.74, 6) is 0.947. The molecule has 0 saturated carbocycles. The van der Waals surface area contributed by atoms with E-state index in [1.165, 1.54) is 0 Å². The van der Waals surface area contributed by atoms with Gasteiger partial charge in [-0.1, -0.05) is 11.6 Å². The molecule has 1 saturated heterocycles. The van der Waals surface area contributed by atoms with E-state index in [9.17, 15) is 0 Å². The van der Waals surface area contributed by atoms with Gasteiger partial charge in [-0.15, -0.1) is 0 Å². The third kappa shape index (κ3) is 2.20. The summed E-state index contributed by atoms with van der Waals surface area (Å²) in [5, 5.41) is 4.04. The van der Waals surface area contributed by atoms with Crippen LogP contribution in [0.4, 0.5) is 0 Å². The normalized spacial score (nSPS) is 21.1. The van der Waals surface area contributed by atoms with Crippen LogP contribution in [0, 0.1) is 6.92 Å². The molecule has 0 unspecified atom stereocenters. The van der Waals surface area contributed by atoms with Crippen LogP contribution in [-0.2, 0) is 0 Å². The van der Waals surface area contributed by atoms with E-state index in [4.69, 9.17) is 16.3 Å². The number of rotatable bonds is 2. The van der Waals surface area contributed by atoms with Crippen LogP contribution in [0.3, 0.4) is 0 Å². The molecule has 0 bridgehead atoms. The quantitative estimate of drug-likeness (QED) is 0.811. The van der Waals surface area contributed by atoms with E-state index < -0.39 is 0 Å². The summed E-state index contributed by atoms with van der Waals surface area (Å²) in [6.07, 6.45) is 1.40. The van der Waals surface area contributed by atoms with Gasteiger partial charge in [0.05, 0.1) is 0 Å². The molecule has 0 amide bonds. The topological polar surface area (TPSA) is 21.3 Å². The Labute approximate surface area is 89.2 Å². The second-order valence-corrected chi connectivity index (χ2v) is 4.08. The van der Waals surface area contributed by atoms with Crippen molar-refractivity contribution in [3.63, 3.8) is 0 Å². The number of aryl methyl sites for hydroxylation is 1. The van der Waals surface area contributed by atoms with Crippen molar-refractivity contribution >= 4 is 11.6 Å². The monoisotopic (exact) mass is 211 g/mol. The largest absolute Gasteiger partial charge is 0.489 e. The first-order valence-electron chi connectivity index (χ1n) is 4.89. The maximum Gasteiger partial charge on any atom is 0.122 e. The highest BCUT2D eigenvalue weighted by Crippen LogP contribution is 2.23. The fourth-order valence-corrected chi connectivity index (χ4v) is 1.88. The average molecular weight is 212 g/mol. The molecule has 2 rings (SSSR count). The van der Waals surface area contributed by atoms with Crippen molar-refractivity contribution in [2.24, 2.45) is 0 Å². The second kappa shape index (κ2) is 4.20. The Balaban J connectivity index is 2.08. The lowest BCUT2D eigenvalue weighted by Crippen LogP contribution is -2.19. The van der Waals surface area contributed by atoms with Gasteiger partial charge in [0.25, 0.3) is 0 Å². The number of hydrogen-bond acceptors (Lipinski definition) is 2. The van der Waals surface area contributed by atoms with Gasteiger partial charge in [-0.2, -0.15) is 0 Å². The summed E-state index contributed by atoms with van der Waals surface area (Å²) in [6.45, 7) is 4.02. The summed E-state index contributed by atoms with van der Waals surface area (Å²) in [7, 11) is 0. The molecule has 1 aromatic rings. The van der Waals surface area contributed by atoms with Crippen molar-refractivity contribution in [1.82, 2.24) is 5.32 Å². The third-order valence-electron chi connectivity index (χ3n) is 2.45. The smallest absolute Gasteiger partial charge is 0.122 e. The maximum absolute atomic E-state index is 5.87. The van der Waals surface area contributed by atoms with Crippen molar-refractivity contribution in [2.75, 3.05) is 13.1 Å². The van der Waals surface area contributed by atoms with Crippen LogP contribution in [0.5, 0.6) is 5.75 Å². The zero-order valence-electron chi connectivity index (χ0n) is 8.22. The Morgan fingerprint density at radius 1 is 1.50 bits per heavy atom. The Kier molecular flexibility index (Phi) is 2.94. The Morgan fingerprint density at radius 3 is 3.00 bits per heavy atom. The Hall–Kier alpha value is -0.730. The highest BCUT2D eigenvalue weighted by Gasteiger charge is 2.16. The molecular weight excluding hydrogens is 198 g/mol. The predicted molar refractivity (Wildman–Crippen MR) is 58.1 cm³/mol. The van der Waals surface area contributed by atoms with Crippen LogP contribution in [0.15, 0.2) is 18.2 Å². The van der Waals surface area contributed by atoms with E-state index in [1.54, 1.807) is 0 Å². The van der Waals surface area contributed by atoms with E-state index in [-0.39, 0.29) is 0 Å². The van der Waals surface area contributed by atoms with E-state index in [2.05, 4.69) is 5.32 Å². The molecule has 1 fully saturated rings. The second-order valence-electron chi connectivity index (χ2n) is 3.64. The van der Waals surface area contributed by atoms with Crippen molar-refractivity contribution in [1.29, 1.82) is 0 Å². The summed E-state index contributed by atoms with van der Waals surface area (Å²) < 4.78 is 5.84. The van der Waals surface area contributed by atoms with Crippen molar-refractivity contribution < 1.29 is 4.74 Å². The van der Waals surface area contributed by atoms with Crippen molar-refractivity contribution in [2.45, 2.75) is 19.4 Å². The number of nitrogens with one attached hydrogen (secondary N) is 1. The van der Waals surface area contributed by atoms with Crippen LogP contribution >= 0.6 is 11.6 Å². The molecule has 1 atom stereocenters. The van der Waals surface area contributed by atoms with Gasteiger partial charge in [-0.3, -0.25) is 0 Å². The van der Waals surface area contributed by atoms with E-state index in [1.807, 2.05) is 25.1 Å². The lowest BCUT2D eigenvalue weighted by Gasteiger charge is -2.14. The molecule has 1 aromatic carbocycles. The highest BCUT2D eigenvalue weighted by molar-refractivity contribution is 6.30. The molecule has 3 heteroatoms. The van der Waals surface area contributed by atoms with Crippen LogP contribution < -0.4 is 10.1 Å². The molecular formula is C11H14ClNO. The number of hydrogen-bond donors (Lipinski definition) is 1. The van der Waals surface area contributed by atoms with Crippen molar-refractivity contribution in [3.05, 3.63) is 28.8 Å². The minimum atomic E-state index is 0.315. The standard InChI is InChI=1S/C11H14ClNO/c1-8-6-9(12)2-3-11(8)14-10-4-5-13-7-10/h2-3,6,10,13H,4-5,7H2,1H3/t10-/m1/s1. The predicted octanol–water partition coefficient (Wildman–Crippen LogP) is 2.39. The summed E-state index contributed by atoms with van der Waals surface area (Å²) >= 11 is 5.87. The summed E-state index contributed by atoms with van der Waals surface area (Å²) in [5.41, 5.74) is 1.10. The van der Waals surface area contributed by atoms with E-state index >= 15 is 0 Å². The van der Waals surface area contributed by atoms with Crippen LogP contribution in [0.2, 0.25) is 5.02 Å². The van der Waals surface area contributed by atoms with Gasteiger partial charge >= 0.3 is 0 Å². The molecule has 1 aliphatic rings. The molecule has 0 spiro atoms. The first-order chi connectivity index (χ1) is 6.75. The molecule has 0 aromatic heterocycles. The molecule has 1 N–H and O–H groups in total. The zero-order valence-corrected chi connectivity index (χ0v) is 8.97. The number of benzene rings is 1. The average Bonchev–Trinajstić information content (AvgIpc) is 2.62. The first kappa shape index (κ1) is 9.81. The Morgan fingerprint density at radius 2 is 2.36 bits per heavy atom. The van der Waals surface area contributed by atoms with Gasteiger partial charge in [-0.05, 0) is 43.7 Å². The van der Waals surface area contributed by atoms with Crippen LogP contribution in [-0.4, -0.2) is 19.2 Å². The molecule has 2 nitrogen and oxygen atoms in total. The van der Waals surface area contributed by atoms with Gasteiger partial charge in [0, 0.05) is 11.6 Å². The maximum atomic E-state index is 5.87. The molecule has 0 aliphatic carbocycles. The minimum absolute atomic E-state index is 0.315. The summed E-state index contributed by atoms with van der Waals surface area (Å²) in [6, 6.07) is 5.74. The SMILES string of the molecule is Cc1cc(Cl)ccc1O[C@@H]1CCNC1. The third-order valence-corrected chi connectivity index (χ3v) is 2.68. The molecule has 0 radical (unpaired) electrons. The van der Waals surface area contributed by atoms with E-state index in [0.717, 1.165) is 35.8 Å². The number of ether oxygens (including phenoxy) is 1. The summed E-state index contributed by atoms with van der Waals surface area (Å²) in [4.78, 5) is 0. The minimum Gasteiger partial charge on any atom is -0.489 e. The lowest BCUT2D eigenvalue weighted by atomic mass is 10.2.